The Hall–Kier alpha value is -4.71. The number of carbonyl (C=O) groups is 2. The molecule has 9 nitrogen and oxygen atoms in total. The average Bonchev–Trinajstić information content (AvgIpc) is 3.35. The summed E-state index contributed by atoms with van der Waals surface area (Å²) in [6, 6.07) is 18.8. The number of nitriles is 1. The van der Waals surface area contributed by atoms with Crippen LogP contribution >= 0.6 is 0 Å². The van der Waals surface area contributed by atoms with Crippen molar-refractivity contribution in [3.63, 3.8) is 0 Å². The maximum absolute atomic E-state index is 13.1. The third kappa shape index (κ3) is 5.91. The second-order valence-electron chi connectivity index (χ2n) is 10.6. The molecule has 0 spiro atoms. The number of likely N-dealkylation sites (tertiary alicyclic amines) is 1. The molecule has 2 aromatic carbocycles. The molecule has 0 bridgehead atoms. The smallest absolute Gasteiger partial charge is 0.407 e. The predicted octanol–water partition coefficient (Wildman–Crippen LogP) is 5.06. The second-order valence-corrected chi connectivity index (χ2v) is 10.6. The highest BCUT2D eigenvalue weighted by Crippen LogP contribution is 2.26. The fourth-order valence-electron chi connectivity index (χ4n) is 4.62. The lowest BCUT2D eigenvalue weighted by atomic mass is 10.0. The van der Waals surface area contributed by atoms with E-state index in [1.54, 1.807) is 22.8 Å². The van der Waals surface area contributed by atoms with Crippen molar-refractivity contribution in [2.45, 2.75) is 45.3 Å². The Balaban J connectivity index is 1.25. The van der Waals surface area contributed by atoms with Gasteiger partial charge in [-0.1, -0.05) is 24.3 Å². The molecule has 2 aromatic heterocycles. The molecule has 1 aliphatic heterocycles. The lowest BCUT2D eigenvalue weighted by Crippen LogP contribution is -2.47. The van der Waals surface area contributed by atoms with Crippen LogP contribution in [0.15, 0.2) is 67.0 Å². The van der Waals surface area contributed by atoms with Gasteiger partial charge in [0.25, 0.3) is 5.91 Å². The molecule has 3 heterocycles. The van der Waals surface area contributed by atoms with Crippen LogP contribution in [0.1, 0.15) is 49.5 Å². The molecule has 4 aromatic rings. The molecule has 1 fully saturated rings. The first-order valence-corrected chi connectivity index (χ1v) is 12.9. The van der Waals surface area contributed by atoms with Gasteiger partial charge in [0.2, 0.25) is 0 Å². The Morgan fingerprint density at radius 2 is 1.67 bits per heavy atom. The van der Waals surface area contributed by atoms with Crippen molar-refractivity contribution >= 4 is 17.6 Å². The minimum atomic E-state index is -0.541. The highest BCUT2D eigenvalue weighted by atomic mass is 16.6. The maximum Gasteiger partial charge on any atom is 0.407 e. The Kier molecular flexibility index (Phi) is 7.03. The number of amides is 2. The number of alkyl carbamates (subject to hydrolysis) is 1. The first-order chi connectivity index (χ1) is 18.7. The lowest BCUT2D eigenvalue weighted by molar-refractivity contribution is 0.0473. The number of hydrogen-bond donors (Lipinski definition) is 1. The number of carbonyl (C=O) groups excluding carboxylic acids is 2. The van der Waals surface area contributed by atoms with E-state index in [0.29, 0.717) is 42.7 Å². The van der Waals surface area contributed by atoms with Crippen LogP contribution in [0.4, 0.5) is 4.79 Å². The maximum atomic E-state index is 13.1. The SMILES string of the molecule is CC(C)(C)OC(=O)NC1CCN(C(=O)c2ccc(-c3ccn4ncc(-c5ccc(C#N)cc5)c4n3)cc2)CC1. The molecule has 1 N–H and O–H groups in total. The molecule has 5 rings (SSSR count). The van der Waals surface area contributed by atoms with Gasteiger partial charge in [0.1, 0.15) is 5.60 Å². The molecule has 0 saturated carbocycles. The number of fused-ring (bicyclic) bond motifs is 1. The van der Waals surface area contributed by atoms with Gasteiger partial charge in [-0.05, 0) is 69.5 Å². The largest absolute Gasteiger partial charge is 0.444 e. The summed E-state index contributed by atoms with van der Waals surface area (Å²) < 4.78 is 7.06. The molecular formula is C30H30N6O3. The summed E-state index contributed by atoms with van der Waals surface area (Å²) in [5.74, 6) is -0.0282. The highest BCUT2D eigenvalue weighted by molar-refractivity contribution is 5.94. The van der Waals surface area contributed by atoms with Crippen LogP contribution in [0, 0.1) is 11.3 Å². The van der Waals surface area contributed by atoms with E-state index < -0.39 is 11.7 Å². The van der Waals surface area contributed by atoms with Crippen molar-refractivity contribution in [2.24, 2.45) is 0 Å². The first kappa shape index (κ1) is 25.9. The normalized spacial score (nSPS) is 14.2. The van der Waals surface area contributed by atoms with Crippen LogP contribution in [-0.4, -0.2) is 56.2 Å². The standard InChI is InChI=1S/C30H30N6O3/c1-30(2,3)39-29(38)33-24-12-15-35(16-13-24)28(37)23-10-8-22(9-11-23)26-14-17-36-27(34-26)25(19-32-36)21-6-4-20(18-31)5-7-21/h4-11,14,17,19,24H,12-13,15-16H2,1-3H3,(H,33,38). The zero-order valence-corrected chi connectivity index (χ0v) is 22.2. The van der Waals surface area contributed by atoms with Gasteiger partial charge in [-0.15, -0.1) is 0 Å². The third-order valence-corrected chi connectivity index (χ3v) is 6.62. The summed E-state index contributed by atoms with van der Waals surface area (Å²) in [6.45, 7) is 6.64. The number of aromatic nitrogens is 3. The zero-order valence-electron chi connectivity index (χ0n) is 22.2. The van der Waals surface area contributed by atoms with Gasteiger partial charge < -0.3 is 15.0 Å². The van der Waals surface area contributed by atoms with Gasteiger partial charge in [-0.2, -0.15) is 10.4 Å². The van der Waals surface area contributed by atoms with Crippen molar-refractivity contribution in [1.82, 2.24) is 24.8 Å². The molecule has 0 atom stereocenters. The molecule has 1 aliphatic rings. The Morgan fingerprint density at radius 3 is 2.31 bits per heavy atom. The van der Waals surface area contributed by atoms with Crippen LogP contribution in [0.25, 0.3) is 28.0 Å². The van der Waals surface area contributed by atoms with E-state index in [2.05, 4.69) is 16.5 Å². The van der Waals surface area contributed by atoms with E-state index >= 15 is 0 Å². The van der Waals surface area contributed by atoms with E-state index in [-0.39, 0.29) is 11.9 Å². The van der Waals surface area contributed by atoms with Crippen LogP contribution < -0.4 is 5.32 Å². The van der Waals surface area contributed by atoms with Crippen molar-refractivity contribution in [1.29, 1.82) is 5.26 Å². The number of benzene rings is 2. The molecule has 0 unspecified atom stereocenters. The molecule has 39 heavy (non-hydrogen) atoms. The minimum Gasteiger partial charge on any atom is -0.444 e. The van der Waals surface area contributed by atoms with E-state index in [9.17, 15) is 9.59 Å². The van der Waals surface area contributed by atoms with Crippen molar-refractivity contribution < 1.29 is 14.3 Å². The number of ether oxygens (including phenoxy) is 1. The highest BCUT2D eigenvalue weighted by Gasteiger charge is 2.26. The van der Waals surface area contributed by atoms with Gasteiger partial charge in [0.15, 0.2) is 5.65 Å². The summed E-state index contributed by atoms with van der Waals surface area (Å²) in [5, 5.41) is 16.4. The van der Waals surface area contributed by atoms with Crippen molar-refractivity contribution in [3.05, 3.63) is 78.1 Å². The average molecular weight is 523 g/mol. The summed E-state index contributed by atoms with van der Waals surface area (Å²) in [6.07, 6.45) is 4.57. The summed E-state index contributed by atoms with van der Waals surface area (Å²) in [5.41, 5.74) is 4.84. The molecule has 198 valence electrons. The van der Waals surface area contributed by atoms with E-state index in [0.717, 1.165) is 22.4 Å². The molecule has 0 radical (unpaired) electrons. The monoisotopic (exact) mass is 522 g/mol. The molecule has 9 heteroatoms. The Bertz CT molecular complexity index is 1540. The number of piperidine rings is 1. The quantitative estimate of drug-likeness (QED) is 0.401. The topological polar surface area (TPSA) is 113 Å². The second kappa shape index (κ2) is 10.6. The molecule has 0 aliphatic carbocycles. The van der Waals surface area contributed by atoms with Gasteiger partial charge in [-0.25, -0.2) is 14.3 Å². The Morgan fingerprint density at radius 1 is 1.00 bits per heavy atom. The van der Waals surface area contributed by atoms with Gasteiger partial charge in [0.05, 0.1) is 23.5 Å². The van der Waals surface area contributed by atoms with E-state index in [4.69, 9.17) is 15.0 Å². The first-order valence-electron chi connectivity index (χ1n) is 12.9. The van der Waals surface area contributed by atoms with E-state index in [1.165, 1.54) is 0 Å². The van der Waals surface area contributed by atoms with Crippen molar-refractivity contribution in [2.75, 3.05) is 13.1 Å². The van der Waals surface area contributed by atoms with Crippen molar-refractivity contribution in [3.8, 4) is 28.5 Å². The number of nitrogens with zero attached hydrogens (tertiary/aromatic N) is 5. The number of nitrogens with one attached hydrogen (secondary N) is 1. The molecule has 1 saturated heterocycles. The molecule has 2 amide bonds. The number of hydrogen-bond acceptors (Lipinski definition) is 6. The number of rotatable bonds is 4. The van der Waals surface area contributed by atoms with Crippen LogP contribution in [0.3, 0.4) is 0 Å². The Labute approximate surface area is 227 Å². The summed E-state index contributed by atoms with van der Waals surface area (Å²) >= 11 is 0. The third-order valence-electron chi connectivity index (χ3n) is 6.62. The van der Waals surface area contributed by atoms with Gasteiger partial charge >= 0.3 is 6.09 Å². The lowest BCUT2D eigenvalue weighted by Gasteiger charge is -2.33. The van der Waals surface area contributed by atoms with Crippen LogP contribution in [0.5, 0.6) is 0 Å². The molecular weight excluding hydrogens is 492 g/mol. The zero-order chi connectivity index (χ0) is 27.6. The fourth-order valence-corrected chi connectivity index (χ4v) is 4.62. The fraction of sp³-hybridized carbons (Fsp3) is 0.300. The van der Waals surface area contributed by atoms with Gasteiger partial charge in [0, 0.05) is 42.0 Å². The summed E-state index contributed by atoms with van der Waals surface area (Å²) in [7, 11) is 0. The predicted molar refractivity (Wildman–Crippen MR) is 147 cm³/mol. The summed E-state index contributed by atoms with van der Waals surface area (Å²) in [4.78, 5) is 31.8. The van der Waals surface area contributed by atoms with Crippen LogP contribution in [-0.2, 0) is 4.74 Å². The minimum absolute atomic E-state index is 0.00927. The van der Waals surface area contributed by atoms with Gasteiger partial charge in [-0.3, -0.25) is 4.79 Å². The van der Waals surface area contributed by atoms with E-state index in [1.807, 2.05) is 74.3 Å². The van der Waals surface area contributed by atoms with Crippen LogP contribution in [0.2, 0.25) is 0 Å².